The highest BCUT2D eigenvalue weighted by molar-refractivity contribution is 9.08. The molecule has 28 heavy (non-hydrogen) atoms. The maximum Gasteiger partial charge on any atom is 0.159 e. The largest absolute Gasteiger partial charge is 0.392 e. The molecule has 0 spiro atoms. The highest BCUT2D eigenvalue weighted by atomic mass is 79.9. The highest BCUT2D eigenvalue weighted by Crippen LogP contribution is 2.17. The molecule has 0 saturated carbocycles. The van der Waals surface area contributed by atoms with Crippen LogP contribution in [-0.2, 0) is 11.9 Å². The summed E-state index contributed by atoms with van der Waals surface area (Å²) in [7, 11) is 0. The Morgan fingerprint density at radius 1 is 0.643 bits per heavy atom. The summed E-state index contributed by atoms with van der Waals surface area (Å²) in [6.45, 7) is 0.0423. The van der Waals surface area contributed by atoms with Crippen molar-refractivity contribution in [1.29, 1.82) is 0 Å². The summed E-state index contributed by atoms with van der Waals surface area (Å²) < 4.78 is 0. The maximum absolute atomic E-state index is 8.97. The predicted molar refractivity (Wildman–Crippen MR) is 113 cm³/mol. The number of benzene rings is 2. The van der Waals surface area contributed by atoms with Crippen LogP contribution in [0.5, 0.6) is 0 Å². The first kappa shape index (κ1) is 19.8. The van der Waals surface area contributed by atoms with E-state index >= 15 is 0 Å². The van der Waals surface area contributed by atoms with E-state index in [9.17, 15) is 0 Å². The first-order valence-electron chi connectivity index (χ1n) is 8.69. The molecule has 0 unspecified atom stereocenters. The van der Waals surface area contributed by atoms with Gasteiger partial charge in [0.1, 0.15) is 0 Å². The quantitative estimate of drug-likeness (QED) is 0.472. The van der Waals surface area contributed by atoms with Gasteiger partial charge in [0.2, 0.25) is 0 Å². The van der Waals surface area contributed by atoms with Crippen LogP contribution in [0.3, 0.4) is 0 Å². The molecule has 0 saturated heterocycles. The SMILES string of the molecule is BrCc1cccc(-c2ncccn2)c1.OCc1cccc(-c2ncccn2)c1. The molecule has 0 radical (unpaired) electrons. The minimum absolute atomic E-state index is 0.0423. The van der Waals surface area contributed by atoms with Crippen LogP contribution in [0.1, 0.15) is 11.1 Å². The average Bonchev–Trinajstić information content (AvgIpc) is 2.81. The number of halogens is 1. The van der Waals surface area contributed by atoms with Crippen LogP contribution >= 0.6 is 15.9 Å². The van der Waals surface area contributed by atoms with Gasteiger partial charge in [-0.05, 0) is 35.4 Å². The Bertz CT molecular complexity index is 914. The Kier molecular flexibility index (Phi) is 7.35. The van der Waals surface area contributed by atoms with Crippen LogP contribution in [-0.4, -0.2) is 25.0 Å². The van der Waals surface area contributed by atoms with E-state index in [1.165, 1.54) is 5.56 Å². The molecule has 0 aliphatic rings. The maximum atomic E-state index is 8.97. The number of alkyl halides is 1. The van der Waals surface area contributed by atoms with Crippen LogP contribution in [0.4, 0.5) is 0 Å². The smallest absolute Gasteiger partial charge is 0.159 e. The molecule has 6 heteroatoms. The van der Waals surface area contributed by atoms with Crippen molar-refractivity contribution in [3.8, 4) is 22.8 Å². The van der Waals surface area contributed by atoms with Crippen molar-refractivity contribution in [3.05, 3.63) is 96.6 Å². The molecule has 1 N–H and O–H groups in total. The first-order chi connectivity index (χ1) is 13.8. The molecule has 2 aromatic heterocycles. The van der Waals surface area contributed by atoms with Crippen molar-refractivity contribution in [2.24, 2.45) is 0 Å². The lowest BCUT2D eigenvalue weighted by Crippen LogP contribution is -1.88. The van der Waals surface area contributed by atoms with Crippen LogP contribution in [0.25, 0.3) is 22.8 Å². The number of hydrogen-bond acceptors (Lipinski definition) is 5. The first-order valence-corrected chi connectivity index (χ1v) is 9.82. The molecular weight excluding hydrogens is 416 g/mol. The molecule has 0 aliphatic heterocycles. The number of rotatable bonds is 4. The molecule has 2 heterocycles. The molecule has 0 fully saturated rings. The number of aromatic nitrogens is 4. The molecular formula is C22H19BrN4O. The molecule has 140 valence electrons. The van der Waals surface area contributed by atoms with E-state index in [0.717, 1.165) is 27.8 Å². The van der Waals surface area contributed by atoms with Crippen molar-refractivity contribution in [1.82, 2.24) is 19.9 Å². The van der Waals surface area contributed by atoms with E-state index in [1.54, 1.807) is 30.9 Å². The van der Waals surface area contributed by atoms with Gasteiger partial charge in [0.05, 0.1) is 6.61 Å². The summed E-state index contributed by atoms with van der Waals surface area (Å²) in [5.41, 5.74) is 4.09. The second kappa shape index (κ2) is 10.4. The molecule has 2 aromatic carbocycles. The lowest BCUT2D eigenvalue weighted by atomic mass is 10.1. The minimum atomic E-state index is 0.0423. The molecule has 0 amide bonds. The Morgan fingerprint density at radius 3 is 1.57 bits per heavy atom. The molecule has 4 aromatic rings. The summed E-state index contributed by atoms with van der Waals surface area (Å²) >= 11 is 3.42. The molecule has 0 bridgehead atoms. The summed E-state index contributed by atoms with van der Waals surface area (Å²) in [6, 6.07) is 19.3. The Morgan fingerprint density at radius 2 is 1.11 bits per heavy atom. The van der Waals surface area contributed by atoms with Gasteiger partial charge in [-0.15, -0.1) is 0 Å². The normalized spacial score (nSPS) is 10.1. The van der Waals surface area contributed by atoms with Crippen molar-refractivity contribution >= 4 is 15.9 Å². The van der Waals surface area contributed by atoms with Gasteiger partial charge < -0.3 is 5.11 Å². The molecule has 4 rings (SSSR count). The third-order valence-electron chi connectivity index (χ3n) is 3.84. The van der Waals surface area contributed by atoms with Crippen molar-refractivity contribution in [2.75, 3.05) is 0 Å². The van der Waals surface area contributed by atoms with E-state index in [4.69, 9.17) is 5.11 Å². The van der Waals surface area contributed by atoms with Crippen LogP contribution < -0.4 is 0 Å². The van der Waals surface area contributed by atoms with Gasteiger partial charge in [0.15, 0.2) is 11.6 Å². The fourth-order valence-electron chi connectivity index (χ4n) is 2.50. The zero-order chi connectivity index (χ0) is 19.6. The van der Waals surface area contributed by atoms with Crippen LogP contribution in [0, 0.1) is 0 Å². The van der Waals surface area contributed by atoms with E-state index < -0.39 is 0 Å². The highest BCUT2D eigenvalue weighted by Gasteiger charge is 2.00. The summed E-state index contributed by atoms with van der Waals surface area (Å²) in [5, 5.41) is 9.82. The van der Waals surface area contributed by atoms with Crippen LogP contribution in [0.2, 0.25) is 0 Å². The lowest BCUT2D eigenvalue weighted by Gasteiger charge is -2.00. The number of aliphatic hydroxyl groups is 1. The monoisotopic (exact) mass is 434 g/mol. The molecule has 5 nitrogen and oxygen atoms in total. The van der Waals surface area contributed by atoms with Crippen molar-refractivity contribution < 1.29 is 5.11 Å². The van der Waals surface area contributed by atoms with Gasteiger partial charge in [-0.25, -0.2) is 19.9 Å². The van der Waals surface area contributed by atoms with Gasteiger partial charge in [-0.3, -0.25) is 0 Å². The van der Waals surface area contributed by atoms with E-state index in [2.05, 4.69) is 48.0 Å². The fourth-order valence-corrected chi connectivity index (χ4v) is 2.85. The zero-order valence-electron chi connectivity index (χ0n) is 15.1. The summed E-state index contributed by atoms with van der Waals surface area (Å²) in [6.07, 6.45) is 6.91. The number of hydrogen-bond donors (Lipinski definition) is 1. The van der Waals surface area contributed by atoms with Gasteiger partial charge in [0.25, 0.3) is 0 Å². The van der Waals surface area contributed by atoms with E-state index in [0.29, 0.717) is 5.82 Å². The third kappa shape index (κ3) is 5.52. The molecule has 0 aliphatic carbocycles. The standard InChI is InChI=1S/C11H9BrN2.C11H10N2O/c12-8-9-3-1-4-10(7-9)11-13-5-2-6-14-11;14-8-9-3-1-4-10(7-9)11-12-5-2-6-13-11/h1-7H,8H2;1-7,14H,8H2. The van der Waals surface area contributed by atoms with E-state index in [-0.39, 0.29) is 6.61 Å². The Labute approximate surface area is 172 Å². The Balaban J connectivity index is 0.000000161. The second-order valence-electron chi connectivity index (χ2n) is 5.84. The third-order valence-corrected chi connectivity index (χ3v) is 4.49. The molecule has 0 atom stereocenters. The number of aliphatic hydroxyl groups excluding tert-OH is 1. The van der Waals surface area contributed by atoms with Gasteiger partial charge in [-0.2, -0.15) is 0 Å². The van der Waals surface area contributed by atoms with Gasteiger partial charge >= 0.3 is 0 Å². The summed E-state index contributed by atoms with van der Waals surface area (Å²) in [5.74, 6) is 1.46. The lowest BCUT2D eigenvalue weighted by molar-refractivity contribution is 0.282. The van der Waals surface area contributed by atoms with Gasteiger partial charge in [-0.1, -0.05) is 52.3 Å². The van der Waals surface area contributed by atoms with Crippen molar-refractivity contribution in [2.45, 2.75) is 11.9 Å². The zero-order valence-corrected chi connectivity index (χ0v) is 16.7. The minimum Gasteiger partial charge on any atom is -0.392 e. The van der Waals surface area contributed by atoms with E-state index in [1.807, 2.05) is 42.5 Å². The van der Waals surface area contributed by atoms with Crippen LogP contribution in [0.15, 0.2) is 85.5 Å². The predicted octanol–water partition coefficient (Wildman–Crippen LogP) is 4.67. The number of nitrogens with zero attached hydrogens (tertiary/aromatic N) is 4. The average molecular weight is 435 g/mol. The fraction of sp³-hybridized carbons (Fsp3) is 0.0909. The topological polar surface area (TPSA) is 71.8 Å². The Hall–Kier alpha value is -2.96. The second-order valence-corrected chi connectivity index (χ2v) is 6.40. The van der Waals surface area contributed by atoms with Gasteiger partial charge in [0, 0.05) is 41.2 Å². The summed E-state index contributed by atoms with van der Waals surface area (Å²) in [4.78, 5) is 16.7. The van der Waals surface area contributed by atoms with Crippen molar-refractivity contribution in [3.63, 3.8) is 0 Å².